The number of ether oxygens (including phenoxy) is 1. The number of benzene rings is 2. The number of carboxylic acids is 1. The van der Waals surface area contributed by atoms with Crippen LogP contribution in [0.15, 0.2) is 60.7 Å². The van der Waals surface area contributed by atoms with Gasteiger partial charge in [0.05, 0.1) is 5.41 Å². The van der Waals surface area contributed by atoms with Crippen LogP contribution < -0.4 is 10.6 Å². The third-order valence-corrected chi connectivity index (χ3v) is 6.27. The summed E-state index contributed by atoms with van der Waals surface area (Å²) in [6.07, 6.45) is 2.22. The second-order valence-corrected chi connectivity index (χ2v) is 9.37. The number of nitrogens with one attached hydrogen (secondary N) is 2. The highest BCUT2D eigenvalue weighted by Crippen LogP contribution is 2.44. The Morgan fingerprint density at radius 3 is 2.12 bits per heavy atom. The van der Waals surface area contributed by atoms with Crippen LogP contribution in [-0.2, 0) is 14.3 Å². The van der Waals surface area contributed by atoms with Gasteiger partial charge in [-0.05, 0) is 42.0 Å². The molecule has 3 rings (SSSR count). The van der Waals surface area contributed by atoms with E-state index in [4.69, 9.17) is 4.74 Å². The molecule has 1 aliphatic carbocycles. The Kier molecular flexibility index (Phi) is 7.76. The highest BCUT2D eigenvalue weighted by Gasteiger charge is 2.39. The van der Waals surface area contributed by atoms with Crippen molar-refractivity contribution in [3.63, 3.8) is 0 Å². The van der Waals surface area contributed by atoms with Gasteiger partial charge < -0.3 is 20.5 Å². The molecule has 1 aliphatic rings. The number of aliphatic carboxylic acids is 1. The molecule has 180 valence electrons. The van der Waals surface area contributed by atoms with Gasteiger partial charge in [-0.3, -0.25) is 9.59 Å². The van der Waals surface area contributed by atoms with E-state index in [-0.39, 0.29) is 25.0 Å². The van der Waals surface area contributed by atoms with Crippen LogP contribution >= 0.6 is 0 Å². The molecule has 34 heavy (non-hydrogen) atoms. The lowest BCUT2D eigenvalue weighted by atomic mass is 9.78. The van der Waals surface area contributed by atoms with Gasteiger partial charge >= 0.3 is 12.1 Å². The van der Waals surface area contributed by atoms with Crippen molar-refractivity contribution in [3.05, 3.63) is 71.8 Å². The monoisotopic (exact) mass is 464 g/mol. The molecule has 0 radical (unpaired) electrons. The van der Waals surface area contributed by atoms with E-state index in [9.17, 15) is 19.5 Å². The van der Waals surface area contributed by atoms with Crippen LogP contribution in [0.25, 0.3) is 11.1 Å². The van der Waals surface area contributed by atoms with Crippen LogP contribution in [0.3, 0.4) is 0 Å². The van der Waals surface area contributed by atoms with E-state index in [0.29, 0.717) is 0 Å². The predicted molar refractivity (Wildman–Crippen MR) is 130 cm³/mol. The van der Waals surface area contributed by atoms with E-state index in [0.717, 1.165) is 22.3 Å². The second-order valence-electron chi connectivity index (χ2n) is 9.37. The number of hydrogen-bond donors (Lipinski definition) is 3. The number of carbonyl (C=O) groups excluding carboxylic acids is 2. The Bertz CT molecular complexity index is 1040. The molecule has 0 aliphatic heterocycles. The fourth-order valence-corrected chi connectivity index (χ4v) is 4.47. The molecule has 2 amide bonds. The third-order valence-electron chi connectivity index (χ3n) is 6.27. The molecule has 7 nitrogen and oxygen atoms in total. The van der Waals surface area contributed by atoms with Crippen molar-refractivity contribution in [1.29, 1.82) is 0 Å². The van der Waals surface area contributed by atoms with Gasteiger partial charge in [0.15, 0.2) is 0 Å². The molecule has 1 unspecified atom stereocenters. The molecule has 0 aromatic heterocycles. The van der Waals surface area contributed by atoms with E-state index in [1.54, 1.807) is 13.8 Å². The standard InChI is InChI=1S/C27H32N2O5/c1-17(2)24(27(3,4)25(31)32)29-23(30)14-9-15-28-26(33)34-16-22-20-12-7-5-10-18(20)19-11-6-8-13-21(19)22/h5-14,17,22,24H,15-16H2,1-4H3,(H,28,33)(H,29,30)(H,31,32)/b14-9+. The molecule has 3 N–H and O–H groups in total. The minimum atomic E-state index is -1.11. The van der Waals surface area contributed by atoms with Crippen LogP contribution in [-0.4, -0.2) is 42.3 Å². The number of rotatable bonds is 9. The smallest absolute Gasteiger partial charge is 0.407 e. The van der Waals surface area contributed by atoms with Crippen molar-refractivity contribution in [3.8, 4) is 11.1 Å². The summed E-state index contributed by atoms with van der Waals surface area (Å²) in [5, 5.41) is 14.8. The van der Waals surface area contributed by atoms with E-state index in [1.807, 2.05) is 38.1 Å². The lowest BCUT2D eigenvalue weighted by molar-refractivity contribution is -0.149. The van der Waals surface area contributed by atoms with Crippen LogP contribution in [0.5, 0.6) is 0 Å². The Hall–Kier alpha value is -3.61. The zero-order valence-corrected chi connectivity index (χ0v) is 20.0. The Morgan fingerprint density at radius 2 is 1.59 bits per heavy atom. The van der Waals surface area contributed by atoms with Gasteiger partial charge in [0.2, 0.25) is 5.91 Å². The van der Waals surface area contributed by atoms with Crippen molar-refractivity contribution < 1.29 is 24.2 Å². The maximum absolute atomic E-state index is 12.3. The number of fused-ring (bicyclic) bond motifs is 3. The van der Waals surface area contributed by atoms with E-state index in [2.05, 4.69) is 34.9 Å². The number of alkyl carbamates (subject to hydrolysis) is 1. The maximum atomic E-state index is 12.3. The lowest BCUT2D eigenvalue weighted by Crippen LogP contribution is -2.51. The zero-order chi connectivity index (χ0) is 24.9. The Labute approximate surface area is 200 Å². The largest absolute Gasteiger partial charge is 0.481 e. The minimum absolute atomic E-state index is 0.0231. The van der Waals surface area contributed by atoms with Gasteiger partial charge in [-0.1, -0.05) is 68.5 Å². The predicted octanol–water partition coefficient (Wildman–Crippen LogP) is 4.33. The summed E-state index contributed by atoms with van der Waals surface area (Å²) in [5.41, 5.74) is 3.48. The summed E-state index contributed by atoms with van der Waals surface area (Å²) in [6.45, 7) is 7.21. The van der Waals surface area contributed by atoms with Crippen LogP contribution in [0.4, 0.5) is 4.79 Å². The topological polar surface area (TPSA) is 105 Å². The number of carbonyl (C=O) groups is 3. The molecule has 0 saturated heterocycles. The van der Waals surface area contributed by atoms with Gasteiger partial charge in [0.25, 0.3) is 0 Å². The van der Waals surface area contributed by atoms with Crippen LogP contribution in [0.2, 0.25) is 0 Å². The lowest BCUT2D eigenvalue weighted by Gasteiger charge is -2.33. The minimum Gasteiger partial charge on any atom is -0.481 e. The molecule has 0 saturated carbocycles. The Balaban J connectivity index is 1.50. The molecule has 2 aromatic carbocycles. The van der Waals surface area contributed by atoms with E-state index >= 15 is 0 Å². The average Bonchev–Trinajstić information content (AvgIpc) is 3.12. The van der Waals surface area contributed by atoms with E-state index in [1.165, 1.54) is 12.2 Å². The Morgan fingerprint density at radius 1 is 1.03 bits per heavy atom. The van der Waals surface area contributed by atoms with Crippen molar-refractivity contribution in [2.24, 2.45) is 11.3 Å². The summed E-state index contributed by atoms with van der Waals surface area (Å²) in [5.74, 6) is -1.48. The molecule has 7 heteroatoms. The average molecular weight is 465 g/mol. The summed E-state index contributed by atoms with van der Waals surface area (Å²) >= 11 is 0. The molecule has 0 spiro atoms. The van der Waals surface area contributed by atoms with Crippen molar-refractivity contribution >= 4 is 18.0 Å². The van der Waals surface area contributed by atoms with Crippen LogP contribution in [0.1, 0.15) is 44.7 Å². The molecule has 0 bridgehead atoms. The van der Waals surface area contributed by atoms with Crippen molar-refractivity contribution in [1.82, 2.24) is 10.6 Å². The highest BCUT2D eigenvalue weighted by atomic mass is 16.5. The molecule has 0 fully saturated rings. The van der Waals surface area contributed by atoms with Gasteiger partial charge in [-0.25, -0.2) is 4.79 Å². The number of hydrogen-bond acceptors (Lipinski definition) is 4. The summed E-state index contributed by atoms with van der Waals surface area (Å²) in [7, 11) is 0. The number of amides is 2. The first-order valence-electron chi connectivity index (χ1n) is 11.4. The van der Waals surface area contributed by atoms with E-state index < -0.39 is 29.4 Å². The first-order valence-corrected chi connectivity index (χ1v) is 11.4. The highest BCUT2D eigenvalue weighted by molar-refractivity contribution is 5.88. The van der Waals surface area contributed by atoms with Gasteiger partial charge in [0.1, 0.15) is 6.61 Å². The molecular weight excluding hydrogens is 432 g/mol. The normalized spacial score (nSPS) is 13.9. The summed E-state index contributed by atoms with van der Waals surface area (Å²) in [4.78, 5) is 36.0. The van der Waals surface area contributed by atoms with Gasteiger partial charge in [-0.15, -0.1) is 0 Å². The number of carboxylic acid groups (broad SMARTS) is 1. The summed E-state index contributed by atoms with van der Waals surface area (Å²) in [6, 6.07) is 15.7. The zero-order valence-electron chi connectivity index (χ0n) is 20.0. The fourth-order valence-electron chi connectivity index (χ4n) is 4.47. The fraction of sp³-hybridized carbons (Fsp3) is 0.370. The third kappa shape index (κ3) is 5.47. The molecule has 1 atom stereocenters. The second kappa shape index (κ2) is 10.5. The first kappa shape index (κ1) is 25.0. The van der Waals surface area contributed by atoms with Crippen molar-refractivity contribution in [2.45, 2.75) is 39.7 Å². The van der Waals surface area contributed by atoms with Gasteiger partial charge in [-0.2, -0.15) is 0 Å². The SMILES string of the molecule is CC(C)C(NC(=O)/C=C/CNC(=O)OCC1c2ccccc2-c2ccccc21)C(C)(C)C(=O)O. The van der Waals surface area contributed by atoms with Crippen molar-refractivity contribution in [2.75, 3.05) is 13.2 Å². The van der Waals surface area contributed by atoms with Crippen LogP contribution in [0, 0.1) is 11.3 Å². The molecular formula is C27H32N2O5. The first-order chi connectivity index (χ1) is 16.1. The summed E-state index contributed by atoms with van der Waals surface area (Å²) < 4.78 is 5.46. The molecule has 0 heterocycles. The quantitative estimate of drug-likeness (QED) is 0.479. The molecule has 2 aromatic rings. The van der Waals surface area contributed by atoms with Gasteiger partial charge in [0, 0.05) is 24.6 Å². The maximum Gasteiger partial charge on any atom is 0.407 e.